The van der Waals surface area contributed by atoms with Crippen molar-refractivity contribution in [1.82, 2.24) is 4.90 Å². The van der Waals surface area contributed by atoms with E-state index in [9.17, 15) is 13.5 Å². The number of aliphatic hydroxyl groups is 1. The third-order valence-corrected chi connectivity index (χ3v) is 6.75. The summed E-state index contributed by atoms with van der Waals surface area (Å²) >= 11 is 6.36. The molecule has 0 atom stereocenters. The fourth-order valence-electron chi connectivity index (χ4n) is 3.39. The van der Waals surface area contributed by atoms with Gasteiger partial charge in [0.2, 0.25) is 9.84 Å². The number of hydrogen-bond donors (Lipinski definition) is 1. The Hall–Kier alpha value is -1.57. The lowest BCUT2D eigenvalue weighted by Gasteiger charge is -2.25. The molecule has 4 rings (SSSR count). The number of nitrogens with zero attached hydrogens (tertiary/aromatic N) is 1. The molecule has 1 N–H and O–H groups in total. The van der Waals surface area contributed by atoms with E-state index >= 15 is 0 Å². The van der Waals surface area contributed by atoms with Crippen LogP contribution in [-0.2, 0) is 22.8 Å². The Bertz CT molecular complexity index is 1060. The normalized spacial score (nSPS) is 14.7. The van der Waals surface area contributed by atoms with Crippen molar-refractivity contribution in [3.05, 3.63) is 58.8 Å². The molecule has 1 aliphatic rings. The van der Waals surface area contributed by atoms with Crippen molar-refractivity contribution in [1.29, 1.82) is 0 Å². The van der Waals surface area contributed by atoms with Gasteiger partial charge < -0.3 is 9.52 Å². The Morgan fingerprint density at radius 3 is 2.59 bits per heavy atom. The minimum atomic E-state index is -3.66. The quantitative estimate of drug-likeness (QED) is 0.687. The second kappa shape index (κ2) is 7.81. The molecule has 1 aromatic heterocycles. The third kappa shape index (κ3) is 3.60. The fraction of sp³-hybridized carbons (Fsp3) is 0.263. The molecule has 0 aliphatic carbocycles. The summed E-state index contributed by atoms with van der Waals surface area (Å²) in [5.74, 6) is 0.838. The van der Waals surface area contributed by atoms with Crippen LogP contribution in [0, 0.1) is 0 Å². The zero-order valence-electron chi connectivity index (χ0n) is 14.4. The van der Waals surface area contributed by atoms with Crippen molar-refractivity contribution in [2.24, 2.45) is 0 Å². The van der Waals surface area contributed by atoms with E-state index in [0.29, 0.717) is 30.1 Å². The molecule has 3 aromatic rings. The molecule has 0 radical (unpaired) electrons. The summed E-state index contributed by atoms with van der Waals surface area (Å²) in [6.45, 7) is 2.05. The highest BCUT2D eigenvalue weighted by Gasteiger charge is 2.26. The molecule has 0 saturated carbocycles. The largest absolute Gasteiger partial charge is 0.459 e. The van der Waals surface area contributed by atoms with Gasteiger partial charge in [-0.25, -0.2) is 8.42 Å². The number of hydrogen-bond acceptors (Lipinski definition) is 5. The van der Waals surface area contributed by atoms with Crippen molar-refractivity contribution in [2.75, 3.05) is 19.7 Å². The molecule has 0 bridgehead atoms. The first-order valence-corrected chi connectivity index (χ1v) is 10.2. The molecule has 27 heavy (non-hydrogen) atoms. The van der Waals surface area contributed by atoms with Gasteiger partial charge in [-0.05, 0) is 24.3 Å². The highest BCUT2D eigenvalue weighted by atomic mass is 35.5. The van der Waals surface area contributed by atoms with Gasteiger partial charge in [0.15, 0.2) is 5.58 Å². The number of benzene rings is 2. The lowest BCUT2D eigenvalue weighted by Crippen LogP contribution is -2.32. The summed E-state index contributed by atoms with van der Waals surface area (Å²) in [6, 6.07) is 11.4. The standard InChI is InChI=1S/C19H18ClNO4S.ClH/c20-17-11-14(26(23,24)13-4-2-1-3-5-13)10-15-16-12-21(8-9-22)7-6-18(16)25-19(15)17;/h1-5,10-11,22H,6-9,12H2;1H. The van der Waals surface area contributed by atoms with Gasteiger partial charge in [0.25, 0.3) is 0 Å². The zero-order chi connectivity index (χ0) is 18.3. The number of furan rings is 1. The molecule has 2 aromatic carbocycles. The van der Waals surface area contributed by atoms with Gasteiger partial charge in [-0.1, -0.05) is 29.8 Å². The lowest BCUT2D eigenvalue weighted by atomic mass is 10.0. The molecule has 0 saturated heterocycles. The zero-order valence-corrected chi connectivity index (χ0v) is 16.8. The molecule has 0 fully saturated rings. The van der Waals surface area contributed by atoms with Crippen molar-refractivity contribution in [3.8, 4) is 0 Å². The second-order valence-electron chi connectivity index (χ2n) is 6.35. The Morgan fingerprint density at radius 2 is 1.89 bits per heavy atom. The van der Waals surface area contributed by atoms with Crippen LogP contribution in [0.2, 0.25) is 5.02 Å². The maximum absolute atomic E-state index is 13.0. The molecule has 0 unspecified atom stereocenters. The van der Waals surface area contributed by atoms with Gasteiger partial charge in [-0.2, -0.15) is 0 Å². The second-order valence-corrected chi connectivity index (χ2v) is 8.71. The molecule has 8 heteroatoms. The Morgan fingerprint density at radius 1 is 1.15 bits per heavy atom. The number of halogens is 2. The van der Waals surface area contributed by atoms with Gasteiger partial charge in [0.1, 0.15) is 5.76 Å². The predicted octanol–water partition coefficient (Wildman–Crippen LogP) is 3.69. The fourth-order valence-corrected chi connectivity index (χ4v) is 5.05. The third-order valence-electron chi connectivity index (χ3n) is 4.72. The van der Waals surface area contributed by atoms with Gasteiger partial charge in [0.05, 0.1) is 21.4 Å². The summed E-state index contributed by atoms with van der Waals surface area (Å²) in [5, 5.41) is 10.2. The van der Waals surface area contributed by atoms with E-state index in [1.54, 1.807) is 36.4 Å². The van der Waals surface area contributed by atoms with Crippen LogP contribution in [0.25, 0.3) is 11.0 Å². The first-order chi connectivity index (χ1) is 12.5. The Balaban J connectivity index is 0.00000210. The smallest absolute Gasteiger partial charge is 0.206 e. The Labute approximate surface area is 168 Å². The van der Waals surface area contributed by atoms with E-state index in [0.717, 1.165) is 23.3 Å². The van der Waals surface area contributed by atoms with Gasteiger partial charge in [0, 0.05) is 37.0 Å². The van der Waals surface area contributed by atoms with E-state index in [2.05, 4.69) is 4.90 Å². The molecule has 1 aliphatic heterocycles. The van der Waals surface area contributed by atoms with E-state index in [4.69, 9.17) is 16.0 Å². The highest BCUT2D eigenvalue weighted by molar-refractivity contribution is 7.91. The highest BCUT2D eigenvalue weighted by Crippen LogP contribution is 2.37. The van der Waals surface area contributed by atoms with Crippen molar-refractivity contribution in [2.45, 2.75) is 22.8 Å². The number of sulfone groups is 1. The number of β-amino-alcohol motifs (C(OH)–C–C–N with tert-alkyl or cyclic N) is 1. The van der Waals surface area contributed by atoms with Crippen LogP contribution in [0.3, 0.4) is 0 Å². The van der Waals surface area contributed by atoms with Gasteiger partial charge in [-0.15, -0.1) is 12.4 Å². The number of fused-ring (bicyclic) bond motifs is 3. The average molecular weight is 428 g/mol. The molecular weight excluding hydrogens is 409 g/mol. The summed E-state index contributed by atoms with van der Waals surface area (Å²) < 4.78 is 31.8. The van der Waals surface area contributed by atoms with Crippen LogP contribution >= 0.6 is 24.0 Å². The van der Waals surface area contributed by atoms with E-state index in [-0.39, 0.29) is 28.8 Å². The monoisotopic (exact) mass is 427 g/mol. The first-order valence-electron chi connectivity index (χ1n) is 8.38. The lowest BCUT2D eigenvalue weighted by molar-refractivity contribution is 0.180. The molecular formula is C19H19Cl2NO4S. The molecule has 5 nitrogen and oxygen atoms in total. The van der Waals surface area contributed by atoms with Crippen LogP contribution < -0.4 is 0 Å². The summed E-state index contributed by atoms with van der Waals surface area (Å²) in [6.07, 6.45) is 0.709. The maximum atomic E-state index is 13.0. The van der Waals surface area contributed by atoms with Crippen LogP contribution in [0.5, 0.6) is 0 Å². The van der Waals surface area contributed by atoms with Gasteiger partial charge >= 0.3 is 0 Å². The number of rotatable bonds is 4. The predicted molar refractivity (Wildman–Crippen MR) is 106 cm³/mol. The van der Waals surface area contributed by atoms with Crippen LogP contribution in [0.1, 0.15) is 11.3 Å². The summed E-state index contributed by atoms with van der Waals surface area (Å²) in [7, 11) is -3.66. The molecule has 2 heterocycles. The Kier molecular flexibility index (Phi) is 5.84. The topological polar surface area (TPSA) is 70.8 Å². The van der Waals surface area contributed by atoms with Gasteiger partial charge in [-0.3, -0.25) is 4.90 Å². The van der Waals surface area contributed by atoms with Crippen LogP contribution in [0.15, 0.2) is 56.7 Å². The molecule has 144 valence electrons. The minimum Gasteiger partial charge on any atom is -0.459 e. The first kappa shape index (κ1) is 20.2. The van der Waals surface area contributed by atoms with Crippen LogP contribution in [0.4, 0.5) is 0 Å². The summed E-state index contributed by atoms with van der Waals surface area (Å²) in [4.78, 5) is 2.50. The SMILES string of the molecule is Cl.O=S(=O)(c1ccccc1)c1cc(Cl)c2oc3c(c2c1)CN(CCO)CC3. The van der Waals surface area contributed by atoms with E-state index in [1.165, 1.54) is 6.07 Å². The molecule has 0 spiro atoms. The molecule has 0 amide bonds. The van der Waals surface area contributed by atoms with E-state index in [1.807, 2.05) is 0 Å². The van der Waals surface area contributed by atoms with Crippen LogP contribution in [-0.4, -0.2) is 38.1 Å². The van der Waals surface area contributed by atoms with E-state index < -0.39 is 9.84 Å². The van der Waals surface area contributed by atoms with Crippen molar-refractivity contribution < 1.29 is 17.9 Å². The minimum absolute atomic E-state index is 0. The maximum Gasteiger partial charge on any atom is 0.206 e. The van der Waals surface area contributed by atoms with Crippen molar-refractivity contribution >= 4 is 44.8 Å². The van der Waals surface area contributed by atoms with Crippen molar-refractivity contribution in [3.63, 3.8) is 0 Å². The number of aliphatic hydroxyl groups excluding tert-OH is 1. The summed E-state index contributed by atoms with van der Waals surface area (Å²) in [5.41, 5.74) is 1.47. The average Bonchev–Trinajstić information content (AvgIpc) is 3.01.